The molecule has 1 atom stereocenters. The molecule has 1 aromatic heterocycles. The number of carbonyl (C=O) groups is 1. The summed E-state index contributed by atoms with van der Waals surface area (Å²) >= 11 is 1.29. The monoisotopic (exact) mass is 275 g/mol. The van der Waals surface area contributed by atoms with Crippen molar-refractivity contribution in [2.24, 2.45) is 4.99 Å². The van der Waals surface area contributed by atoms with Crippen LogP contribution in [0.15, 0.2) is 23.3 Å². The van der Waals surface area contributed by atoms with E-state index in [1.165, 1.54) is 24.0 Å². The predicted octanol–water partition coefficient (Wildman–Crippen LogP) is 1.18. The summed E-state index contributed by atoms with van der Waals surface area (Å²) in [5, 5.41) is 21.4. The van der Waals surface area contributed by atoms with E-state index in [9.17, 15) is 9.90 Å². The summed E-state index contributed by atoms with van der Waals surface area (Å²) in [6.45, 7) is 0. The van der Waals surface area contributed by atoms with Crippen LogP contribution in [0.25, 0.3) is 0 Å². The van der Waals surface area contributed by atoms with Crippen LogP contribution in [0.3, 0.4) is 0 Å². The molecule has 3 N–H and O–H groups in total. The summed E-state index contributed by atoms with van der Waals surface area (Å²) in [6.07, 6.45) is 1.52. The molecule has 17 heavy (non-hydrogen) atoms. The van der Waals surface area contributed by atoms with Gasteiger partial charge >= 0.3 is 5.97 Å². The average molecular weight is 276 g/mol. The second-order valence-corrected chi connectivity index (χ2v) is 4.10. The van der Waals surface area contributed by atoms with Crippen LogP contribution >= 0.6 is 24.2 Å². The van der Waals surface area contributed by atoms with E-state index in [1.54, 1.807) is 6.07 Å². The third-order valence-corrected chi connectivity index (χ3v) is 2.91. The Morgan fingerprint density at radius 2 is 2.35 bits per heavy atom. The zero-order valence-corrected chi connectivity index (χ0v) is 10.2. The van der Waals surface area contributed by atoms with Crippen molar-refractivity contribution >= 4 is 41.1 Å². The van der Waals surface area contributed by atoms with Gasteiger partial charge in [-0.25, -0.2) is 14.8 Å². The number of rotatable bonds is 2. The molecule has 0 aliphatic carbocycles. The number of carboxylic acids is 1. The minimum atomic E-state index is -0.949. The largest absolute Gasteiger partial charge is 0.504 e. The summed E-state index contributed by atoms with van der Waals surface area (Å²) in [6, 6.07) is 2.37. The number of aromatic hydroxyl groups is 1. The van der Waals surface area contributed by atoms with E-state index < -0.39 is 12.0 Å². The fourth-order valence-corrected chi connectivity index (χ4v) is 2.07. The van der Waals surface area contributed by atoms with Crippen LogP contribution < -0.4 is 5.32 Å². The lowest BCUT2D eigenvalue weighted by atomic mass is 10.4. The van der Waals surface area contributed by atoms with Crippen molar-refractivity contribution in [3.63, 3.8) is 0 Å². The molecule has 2 rings (SSSR count). The molecule has 0 saturated carbocycles. The smallest absolute Gasteiger partial charge is 0.329 e. The van der Waals surface area contributed by atoms with Crippen LogP contribution in [0.4, 0.5) is 5.82 Å². The first-order chi connectivity index (χ1) is 7.66. The van der Waals surface area contributed by atoms with Gasteiger partial charge in [0, 0.05) is 11.9 Å². The maximum atomic E-state index is 10.7. The highest BCUT2D eigenvalue weighted by atomic mass is 35.5. The van der Waals surface area contributed by atoms with Crippen LogP contribution in [0.2, 0.25) is 0 Å². The zero-order valence-electron chi connectivity index (χ0n) is 8.53. The van der Waals surface area contributed by atoms with Crippen LogP contribution in [0, 0.1) is 0 Å². The van der Waals surface area contributed by atoms with Gasteiger partial charge in [-0.3, -0.25) is 0 Å². The van der Waals surface area contributed by atoms with Crippen LogP contribution in [-0.4, -0.2) is 38.1 Å². The number of aromatic nitrogens is 1. The molecule has 6 nitrogen and oxygen atoms in total. The maximum Gasteiger partial charge on any atom is 0.329 e. The second kappa shape index (κ2) is 5.74. The van der Waals surface area contributed by atoms with Gasteiger partial charge in [0.05, 0.1) is 0 Å². The van der Waals surface area contributed by atoms with Gasteiger partial charge in [0.1, 0.15) is 0 Å². The van der Waals surface area contributed by atoms with Crippen molar-refractivity contribution in [3.8, 4) is 5.75 Å². The number of thioether (sulfide) groups is 1. The number of hydrogen-bond donors (Lipinski definition) is 3. The van der Waals surface area contributed by atoms with Gasteiger partial charge in [-0.2, -0.15) is 0 Å². The van der Waals surface area contributed by atoms with Crippen molar-refractivity contribution in [2.45, 2.75) is 6.04 Å². The Morgan fingerprint density at radius 3 is 2.94 bits per heavy atom. The molecule has 0 bridgehead atoms. The van der Waals surface area contributed by atoms with E-state index in [0.717, 1.165) is 0 Å². The van der Waals surface area contributed by atoms with E-state index in [1.807, 2.05) is 0 Å². The fraction of sp³-hybridized carbons (Fsp3) is 0.222. The number of aliphatic imine (C=N–C) groups is 1. The van der Waals surface area contributed by atoms with Crippen molar-refractivity contribution in [2.75, 3.05) is 11.1 Å². The average Bonchev–Trinajstić information content (AvgIpc) is 2.70. The van der Waals surface area contributed by atoms with Gasteiger partial charge in [-0.05, 0) is 12.1 Å². The van der Waals surface area contributed by atoms with Crippen LogP contribution in [0.5, 0.6) is 5.75 Å². The summed E-state index contributed by atoms with van der Waals surface area (Å²) in [4.78, 5) is 18.5. The van der Waals surface area contributed by atoms with Gasteiger partial charge in [-0.15, -0.1) is 12.4 Å². The quantitative estimate of drug-likeness (QED) is 0.750. The summed E-state index contributed by atoms with van der Waals surface area (Å²) in [5.74, 6) is -0.274. The molecule has 0 amide bonds. The first kappa shape index (κ1) is 13.6. The first-order valence-corrected chi connectivity index (χ1v) is 5.50. The minimum Gasteiger partial charge on any atom is -0.504 e. The molecule has 0 fully saturated rings. The van der Waals surface area contributed by atoms with Gasteiger partial charge in [0.15, 0.2) is 22.8 Å². The number of nitrogens with zero attached hydrogens (tertiary/aromatic N) is 2. The Hall–Kier alpha value is -1.47. The summed E-state index contributed by atoms with van der Waals surface area (Å²) in [5.41, 5.74) is 0. The number of aliphatic carboxylic acids is 1. The molecular weight excluding hydrogens is 266 g/mol. The van der Waals surface area contributed by atoms with E-state index in [2.05, 4.69) is 15.3 Å². The highest BCUT2D eigenvalue weighted by molar-refractivity contribution is 8.14. The Morgan fingerprint density at radius 1 is 1.59 bits per heavy atom. The SMILES string of the molecule is Cl.O=C(O)[C@@H]1CSC(Nc2ncccc2O)=N1. The first-order valence-electron chi connectivity index (χ1n) is 4.51. The Balaban J connectivity index is 0.00000144. The lowest BCUT2D eigenvalue weighted by Gasteiger charge is -2.04. The Kier molecular flexibility index (Phi) is 4.59. The van der Waals surface area contributed by atoms with Crippen molar-refractivity contribution in [1.29, 1.82) is 0 Å². The summed E-state index contributed by atoms with van der Waals surface area (Å²) < 4.78 is 0. The number of anilines is 1. The number of amidine groups is 1. The van der Waals surface area contributed by atoms with E-state index in [4.69, 9.17) is 5.11 Å². The number of nitrogens with one attached hydrogen (secondary N) is 1. The minimum absolute atomic E-state index is 0. The van der Waals surface area contributed by atoms with E-state index >= 15 is 0 Å². The molecule has 8 heteroatoms. The van der Waals surface area contributed by atoms with E-state index in [0.29, 0.717) is 10.9 Å². The number of hydrogen-bond acceptors (Lipinski definition) is 6. The van der Waals surface area contributed by atoms with Crippen molar-refractivity contribution in [3.05, 3.63) is 18.3 Å². The number of halogens is 1. The molecule has 1 aliphatic rings. The molecule has 1 aliphatic heterocycles. The predicted molar refractivity (Wildman–Crippen MR) is 68.1 cm³/mol. The van der Waals surface area contributed by atoms with Gasteiger partial charge < -0.3 is 15.5 Å². The highest BCUT2D eigenvalue weighted by Gasteiger charge is 2.24. The van der Waals surface area contributed by atoms with E-state index in [-0.39, 0.29) is 24.0 Å². The lowest BCUT2D eigenvalue weighted by molar-refractivity contribution is -0.137. The van der Waals surface area contributed by atoms with Gasteiger partial charge in [0.2, 0.25) is 0 Å². The maximum absolute atomic E-state index is 10.7. The molecule has 92 valence electrons. The third kappa shape index (κ3) is 3.24. The van der Waals surface area contributed by atoms with Crippen LogP contribution in [-0.2, 0) is 4.79 Å². The topological polar surface area (TPSA) is 94.8 Å². The third-order valence-electron chi connectivity index (χ3n) is 1.95. The van der Waals surface area contributed by atoms with Crippen molar-refractivity contribution in [1.82, 2.24) is 4.98 Å². The molecule has 0 unspecified atom stereocenters. The molecule has 0 saturated heterocycles. The van der Waals surface area contributed by atoms with Crippen LogP contribution in [0.1, 0.15) is 0 Å². The molecule has 0 radical (unpaired) electrons. The molecule has 1 aromatic rings. The number of pyridine rings is 1. The lowest BCUT2D eigenvalue weighted by Crippen LogP contribution is -2.17. The second-order valence-electron chi connectivity index (χ2n) is 3.10. The normalized spacial score (nSPS) is 18.1. The standard InChI is InChI=1S/C9H9N3O3S.ClH/c13-6-2-1-3-10-7(6)12-9-11-5(4-16-9)8(14)15;/h1-3,5,13H,4H2,(H,14,15)(H,10,11,12);1H/t5-;/m0./s1. The molecule has 0 spiro atoms. The number of carboxylic acid groups (broad SMARTS) is 1. The van der Waals surface area contributed by atoms with Crippen molar-refractivity contribution < 1.29 is 15.0 Å². The highest BCUT2D eigenvalue weighted by Crippen LogP contribution is 2.24. The fourth-order valence-electron chi connectivity index (χ4n) is 1.16. The molecule has 2 heterocycles. The molecular formula is C9H10ClN3O3S. The Labute approximate surface area is 108 Å². The zero-order chi connectivity index (χ0) is 11.5. The van der Waals surface area contributed by atoms with Gasteiger partial charge in [0.25, 0.3) is 0 Å². The Bertz CT molecular complexity index is 455. The molecule has 0 aromatic carbocycles. The van der Waals surface area contributed by atoms with Gasteiger partial charge in [-0.1, -0.05) is 11.8 Å². The summed E-state index contributed by atoms with van der Waals surface area (Å²) in [7, 11) is 0.